The third kappa shape index (κ3) is 2.99. The Morgan fingerprint density at radius 1 is 1.04 bits per heavy atom. The molecule has 2 saturated heterocycles. The highest BCUT2D eigenvalue weighted by Crippen LogP contribution is 2.64. The largest absolute Gasteiger partial charge is 0.465 e. The topological polar surface area (TPSA) is 29.5 Å². The molecule has 0 amide bonds. The second-order valence-electron chi connectivity index (χ2n) is 9.99. The molecule has 0 spiro atoms. The summed E-state index contributed by atoms with van der Waals surface area (Å²) in [5.74, 6) is 2.22. The quantitative estimate of drug-likeness (QED) is 0.506. The van der Waals surface area contributed by atoms with Gasteiger partial charge in [-0.3, -0.25) is 9.69 Å². The van der Waals surface area contributed by atoms with Crippen LogP contribution in [-0.2, 0) is 9.53 Å². The van der Waals surface area contributed by atoms with Gasteiger partial charge in [-0.15, -0.1) is 0 Å². The van der Waals surface area contributed by atoms with Crippen LogP contribution in [0.2, 0.25) is 0 Å². The summed E-state index contributed by atoms with van der Waals surface area (Å²) in [6.45, 7) is 3.19. The fraction of sp³-hybridized carbons (Fsp3) is 0.952. The Kier molecular flexibility index (Phi) is 4.24. The highest BCUT2D eigenvalue weighted by Gasteiger charge is 2.60. The van der Waals surface area contributed by atoms with Crippen molar-refractivity contribution in [3.63, 3.8) is 0 Å². The molecule has 4 bridgehead atoms. The molecular weight excluding hydrogens is 378 g/mol. The molecule has 2 heterocycles. The predicted octanol–water partition coefficient (Wildman–Crippen LogP) is 4.53. The highest BCUT2D eigenvalue weighted by molar-refractivity contribution is 9.10. The Morgan fingerprint density at radius 3 is 2.56 bits per heavy atom. The Hall–Kier alpha value is -0.0900. The van der Waals surface area contributed by atoms with Crippen molar-refractivity contribution in [1.82, 2.24) is 4.90 Å². The van der Waals surface area contributed by atoms with Crippen LogP contribution >= 0.6 is 15.9 Å². The summed E-state index contributed by atoms with van der Waals surface area (Å²) in [5.41, 5.74) is -0.158. The molecule has 6 fully saturated rings. The average molecular weight is 410 g/mol. The average Bonchev–Trinajstić information content (AvgIpc) is 2.57. The number of rotatable bonds is 3. The summed E-state index contributed by atoms with van der Waals surface area (Å²) in [5, 5.41) is 0. The number of piperidine rings is 2. The zero-order chi connectivity index (χ0) is 17.1. The van der Waals surface area contributed by atoms with Crippen molar-refractivity contribution in [3.8, 4) is 0 Å². The van der Waals surface area contributed by atoms with E-state index in [2.05, 4.69) is 20.8 Å². The van der Waals surface area contributed by atoms with Crippen molar-refractivity contribution >= 4 is 21.9 Å². The summed E-state index contributed by atoms with van der Waals surface area (Å²) in [4.78, 5) is 15.9. The van der Waals surface area contributed by atoms with Crippen LogP contribution in [-0.4, -0.2) is 40.9 Å². The smallest absolute Gasteiger partial charge is 0.312 e. The fourth-order valence-electron chi connectivity index (χ4n) is 7.50. The summed E-state index contributed by atoms with van der Waals surface area (Å²) >= 11 is 4.02. The number of ether oxygens (including phenoxy) is 1. The maximum absolute atomic E-state index is 13.2. The molecule has 0 radical (unpaired) electrons. The molecule has 3 nitrogen and oxygen atoms in total. The molecule has 4 atom stereocenters. The number of hydrogen-bond donors (Lipinski definition) is 0. The number of carbonyl (C=O) groups excluding carboxylic acids is 1. The third-order valence-corrected chi connectivity index (χ3v) is 9.01. The molecule has 4 aliphatic carbocycles. The van der Waals surface area contributed by atoms with Crippen LogP contribution in [0.4, 0.5) is 0 Å². The van der Waals surface area contributed by atoms with Gasteiger partial charge in [0.25, 0.3) is 0 Å². The Bertz CT molecular complexity index is 534. The van der Waals surface area contributed by atoms with Gasteiger partial charge in [0, 0.05) is 16.3 Å². The Morgan fingerprint density at radius 2 is 1.80 bits per heavy atom. The first-order chi connectivity index (χ1) is 12.1. The van der Waals surface area contributed by atoms with Crippen LogP contribution in [0.1, 0.15) is 70.6 Å². The predicted molar refractivity (Wildman–Crippen MR) is 102 cm³/mol. The molecule has 140 valence electrons. The van der Waals surface area contributed by atoms with E-state index in [4.69, 9.17) is 4.74 Å². The second-order valence-corrected chi connectivity index (χ2v) is 11.7. The molecule has 2 aliphatic heterocycles. The van der Waals surface area contributed by atoms with E-state index in [1.807, 2.05) is 0 Å². The molecule has 0 unspecified atom stereocenters. The molecule has 25 heavy (non-hydrogen) atoms. The van der Waals surface area contributed by atoms with E-state index in [9.17, 15) is 4.79 Å². The lowest BCUT2D eigenvalue weighted by Gasteiger charge is -2.58. The maximum atomic E-state index is 13.2. The molecule has 4 saturated carbocycles. The maximum Gasteiger partial charge on any atom is 0.312 e. The molecule has 0 aromatic rings. The van der Waals surface area contributed by atoms with Crippen LogP contribution in [0, 0.1) is 23.2 Å². The zero-order valence-electron chi connectivity index (χ0n) is 15.4. The van der Waals surface area contributed by atoms with Crippen molar-refractivity contribution in [2.24, 2.45) is 23.2 Å². The molecule has 0 N–H and O–H groups in total. The minimum Gasteiger partial charge on any atom is -0.465 e. The molecule has 0 aromatic heterocycles. The van der Waals surface area contributed by atoms with Gasteiger partial charge in [0.1, 0.15) is 0 Å². The van der Waals surface area contributed by atoms with Crippen molar-refractivity contribution in [3.05, 3.63) is 0 Å². The normalized spacial score (nSPS) is 49.0. The lowest BCUT2D eigenvalue weighted by atomic mass is 9.49. The van der Waals surface area contributed by atoms with Crippen LogP contribution in [0.5, 0.6) is 0 Å². The van der Waals surface area contributed by atoms with Gasteiger partial charge in [-0.2, -0.15) is 0 Å². The van der Waals surface area contributed by atoms with Gasteiger partial charge in [0.15, 0.2) is 0 Å². The number of hydrogen-bond acceptors (Lipinski definition) is 3. The van der Waals surface area contributed by atoms with Gasteiger partial charge in [0.2, 0.25) is 0 Å². The summed E-state index contributed by atoms with van der Waals surface area (Å²) < 4.78 is 6.31. The minimum atomic E-state index is -0.158. The third-order valence-electron chi connectivity index (χ3n) is 8.08. The standard InChI is InChI=1S/C21H32BrNO2/c22-21-11-15-8-16(12-21)10-20(9-15,14-21)19(24)25-13-17-4-3-7-23-6-2-1-5-18(17)23/h15-18H,1-14H2/t15-,16-,17+,18-,20?,21?/m0/s1. The lowest BCUT2D eigenvalue weighted by Crippen LogP contribution is -2.56. The highest BCUT2D eigenvalue weighted by atomic mass is 79.9. The number of fused-ring (bicyclic) bond motifs is 1. The second kappa shape index (κ2) is 6.22. The first kappa shape index (κ1) is 17.0. The monoisotopic (exact) mass is 409 g/mol. The molecular formula is C21H32BrNO2. The number of esters is 1. The number of alkyl halides is 1. The van der Waals surface area contributed by atoms with E-state index in [1.54, 1.807) is 0 Å². The van der Waals surface area contributed by atoms with Crippen molar-refractivity contribution < 1.29 is 9.53 Å². The number of carbonyl (C=O) groups is 1. The molecule has 4 heteroatoms. The lowest BCUT2D eigenvalue weighted by molar-refractivity contribution is -0.172. The van der Waals surface area contributed by atoms with Crippen molar-refractivity contribution in [2.75, 3.05) is 19.7 Å². The van der Waals surface area contributed by atoms with Gasteiger partial charge < -0.3 is 4.74 Å². The fourth-order valence-corrected chi connectivity index (χ4v) is 8.95. The van der Waals surface area contributed by atoms with Gasteiger partial charge >= 0.3 is 5.97 Å². The van der Waals surface area contributed by atoms with Gasteiger partial charge in [0.05, 0.1) is 12.0 Å². The van der Waals surface area contributed by atoms with Gasteiger partial charge in [-0.05, 0) is 89.1 Å². The molecule has 6 aliphatic rings. The van der Waals surface area contributed by atoms with Crippen molar-refractivity contribution in [1.29, 1.82) is 0 Å². The first-order valence-corrected chi connectivity index (χ1v) is 11.4. The summed E-state index contributed by atoms with van der Waals surface area (Å²) in [7, 11) is 0. The van der Waals surface area contributed by atoms with E-state index >= 15 is 0 Å². The van der Waals surface area contributed by atoms with Crippen molar-refractivity contribution in [2.45, 2.75) is 81.0 Å². The zero-order valence-corrected chi connectivity index (χ0v) is 16.9. The van der Waals surface area contributed by atoms with Crippen LogP contribution in [0.15, 0.2) is 0 Å². The Balaban J connectivity index is 1.25. The van der Waals surface area contributed by atoms with E-state index in [0.29, 0.717) is 18.6 Å². The van der Waals surface area contributed by atoms with Crippen LogP contribution in [0.3, 0.4) is 0 Å². The number of nitrogens with zero attached hydrogens (tertiary/aromatic N) is 1. The van der Waals surface area contributed by atoms with E-state index < -0.39 is 0 Å². The van der Waals surface area contributed by atoms with E-state index in [0.717, 1.165) is 31.1 Å². The van der Waals surface area contributed by atoms with Crippen LogP contribution in [0.25, 0.3) is 0 Å². The van der Waals surface area contributed by atoms with Crippen LogP contribution < -0.4 is 0 Å². The van der Waals surface area contributed by atoms with Gasteiger partial charge in [-0.1, -0.05) is 22.4 Å². The Labute approximate surface area is 160 Å². The summed E-state index contributed by atoms with van der Waals surface area (Å²) in [6, 6.07) is 0.675. The summed E-state index contributed by atoms with van der Waals surface area (Å²) in [6.07, 6.45) is 13.6. The minimum absolute atomic E-state index is 0.151. The molecule has 6 rings (SSSR count). The molecule has 0 aromatic carbocycles. The first-order valence-electron chi connectivity index (χ1n) is 10.7. The van der Waals surface area contributed by atoms with E-state index in [1.165, 1.54) is 64.5 Å². The SMILES string of the molecule is O=C(OC[C@H]1CCCN2CCCC[C@@H]12)C12C[C@@H]3C[C@H](CC(Br)(C3)C1)C2. The number of halogens is 1. The van der Waals surface area contributed by atoms with E-state index in [-0.39, 0.29) is 15.7 Å². The van der Waals surface area contributed by atoms with Gasteiger partial charge in [-0.25, -0.2) is 0 Å².